The number of carbonyl (C=O) groups is 1. The number of piperazine rings is 1. The molecule has 3 aromatic heterocycles. The van der Waals surface area contributed by atoms with Crippen molar-refractivity contribution in [2.24, 2.45) is 0 Å². The van der Waals surface area contributed by atoms with Crippen LogP contribution in [0.25, 0.3) is 10.2 Å². The minimum atomic E-state index is 0.0447. The summed E-state index contributed by atoms with van der Waals surface area (Å²) in [6.45, 7) is 3.58. The number of rotatable bonds is 7. The number of fused-ring (bicyclic) bond motifs is 1. The van der Waals surface area contributed by atoms with Gasteiger partial charge in [0.2, 0.25) is 5.95 Å². The Morgan fingerprint density at radius 3 is 2.69 bits per heavy atom. The van der Waals surface area contributed by atoms with E-state index in [4.69, 9.17) is 9.72 Å². The average molecular weight is 510 g/mol. The summed E-state index contributed by atoms with van der Waals surface area (Å²) >= 11 is 1.51. The van der Waals surface area contributed by atoms with Gasteiger partial charge in [-0.3, -0.25) is 9.69 Å². The molecule has 1 amide bonds. The van der Waals surface area contributed by atoms with Crippen LogP contribution in [0.15, 0.2) is 24.5 Å². The fourth-order valence-electron chi connectivity index (χ4n) is 5.24. The minimum absolute atomic E-state index is 0.0447. The second kappa shape index (κ2) is 10.7. The van der Waals surface area contributed by atoms with Gasteiger partial charge in [-0.15, -0.1) is 11.3 Å². The van der Waals surface area contributed by atoms with E-state index in [0.29, 0.717) is 30.3 Å². The van der Waals surface area contributed by atoms with Gasteiger partial charge in [0.1, 0.15) is 5.82 Å². The number of pyridine rings is 1. The predicted octanol–water partition coefficient (Wildman–Crippen LogP) is 3.96. The number of nitrogens with zero attached hydrogens (tertiary/aromatic N) is 6. The summed E-state index contributed by atoms with van der Waals surface area (Å²) in [7, 11) is 7.51. The molecule has 4 heterocycles. The smallest absolute Gasteiger partial charge is 0.263 e. The van der Waals surface area contributed by atoms with Crippen molar-refractivity contribution < 1.29 is 9.53 Å². The third-order valence-corrected chi connectivity index (χ3v) is 8.44. The molecule has 0 spiro atoms. The maximum absolute atomic E-state index is 13.0. The molecule has 1 saturated heterocycles. The first-order chi connectivity index (χ1) is 17.4. The van der Waals surface area contributed by atoms with E-state index in [9.17, 15) is 4.79 Å². The Hall–Kier alpha value is -2.82. The van der Waals surface area contributed by atoms with Crippen LogP contribution in [-0.2, 0) is 4.74 Å². The van der Waals surface area contributed by atoms with Crippen molar-refractivity contribution in [3.8, 4) is 0 Å². The van der Waals surface area contributed by atoms with E-state index in [-0.39, 0.29) is 5.91 Å². The van der Waals surface area contributed by atoms with Crippen LogP contribution in [0, 0.1) is 0 Å². The molecule has 2 aliphatic rings. The summed E-state index contributed by atoms with van der Waals surface area (Å²) in [5.74, 6) is 1.62. The van der Waals surface area contributed by atoms with Gasteiger partial charge in [-0.2, -0.15) is 0 Å². The van der Waals surface area contributed by atoms with Gasteiger partial charge in [-0.1, -0.05) is 12.8 Å². The number of likely N-dealkylation sites (N-methyl/N-ethyl adjacent to an activating group) is 1. The van der Waals surface area contributed by atoms with Crippen molar-refractivity contribution in [1.82, 2.24) is 24.8 Å². The molecule has 0 unspecified atom stereocenters. The Bertz CT molecular complexity index is 1210. The SMILES string of the molecule is COC[C@H]1CN(c2ccc(Nc3ncc4sc(C(=O)N(C)C)c(C5CCCC5)c4n3)nc2)CCN1C. The molecule has 1 N–H and O–H groups in total. The molecule has 1 aliphatic carbocycles. The topological polar surface area (TPSA) is 86.7 Å². The van der Waals surface area contributed by atoms with E-state index in [1.54, 1.807) is 26.1 Å². The lowest BCUT2D eigenvalue weighted by molar-refractivity contribution is 0.0831. The normalized spacial score (nSPS) is 19.2. The molecule has 0 radical (unpaired) electrons. The first-order valence-electron chi connectivity index (χ1n) is 12.6. The molecule has 3 aromatic rings. The standard InChI is InChI=1S/C26H35N7O2S/c1-31(2)25(34)24-22(17-7-5-6-8-17)23-20(36-24)14-28-26(30-23)29-21-10-9-18(13-27-21)33-12-11-32(3)19(15-33)16-35-4/h9-10,13-14,17,19H,5-8,11-12,15-16H2,1-4H3,(H,27,28,29,30)/t19-/m1/s1. The summed E-state index contributed by atoms with van der Waals surface area (Å²) < 4.78 is 6.35. The second-order valence-corrected chi connectivity index (χ2v) is 11.0. The maximum atomic E-state index is 13.0. The fourth-order valence-corrected chi connectivity index (χ4v) is 6.46. The largest absolute Gasteiger partial charge is 0.383 e. The first-order valence-corrected chi connectivity index (χ1v) is 13.4. The van der Waals surface area contributed by atoms with Gasteiger partial charge < -0.3 is 19.9 Å². The van der Waals surface area contributed by atoms with Gasteiger partial charge in [0.05, 0.1) is 45.8 Å². The third-order valence-electron chi connectivity index (χ3n) is 7.32. The number of ether oxygens (including phenoxy) is 1. The lowest BCUT2D eigenvalue weighted by Crippen LogP contribution is -2.53. The van der Waals surface area contributed by atoms with Crippen molar-refractivity contribution >= 4 is 44.9 Å². The van der Waals surface area contributed by atoms with Crippen LogP contribution < -0.4 is 10.2 Å². The summed E-state index contributed by atoms with van der Waals surface area (Å²) in [5, 5.41) is 3.27. The van der Waals surface area contributed by atoms with Crippen molar-refractivity contribution in [3.63, 3.8) is 0 Å². The van der Waals surface area contributed by atoms with Gasteiger partial charge in [-0.05, 0) is 37.9 Å². The lowest BCUT2D eigenvalue weighted by atomic mass is 9.96. The number of hydrogen-bond donors (Lipinski definition) is 1. The summed E-state index contributed by atoms with van der Waals surface area (Å²) in [6.07, 6.45) is 8.33. The highest BCUT2D eigenvalue weighted by molar-refractivity contribution is 7.21. The molecular formula is C26H35N7O2S. The van der Waals surface area contributed by atoms with Gasteiger partial charge in [0.25, 0.3) is 5.91 Å². The number of thiophene rings is 1. The Morgan fingerprint density at radius 2 is 2.00 bits per heavy atom. The maximum Gasteiger partial charge on any atom is 0.263 e. The van der Waals surface area contributed by atoms with Gasteiger partial charge in [-0.25, -0.2) is 15.0 Å². The first kappa shape index (κ1) is 24.9. The third kappa shape index (κ3) is 5.02. The van der Waals surface area contributed by atoms with Crippen LogP contribution in [-0.4, -0.2) is 91.2 Å². The monoisotopic (exact) mass is 509 g/mol. The Kier molecular flexibility index (Phi) is 7.36. The Balaban J connectivity index is 1.37. The Labute approximate surface area is 216 Å². The zero-order valence-corrected chi connectivity index (χ0v) is 22.3. The van der Waals surface area contributed by atoms with Crippen molar-refractivity contribution in [2.45, 2.75) is 37.6 Å². The van der Waals surface area contributed by atoms with E-state index in [0.717, 1.165) is 58.8 Å². The molecule has 2 fully saturated rings. The predicted molar refractivity (Wildman–Crippen MR) is 145 cm³/mol. The van der Waals surface area contributed by atoms with Crippen LogP contribution in [0.3, 0.4) is 0 Å². The van der Waals surface area contributed by atoms with Crippen molar-refractivity contribution in [2.75, 3.05) is 64.7 Å². The molecule has 192 valence electrons. The fraction of sp³-hybridized carbons (Fsp3) is 0.538. The highest BCUT2D eigenvalue weighted by Crippen LogP contribution is 2.43. The molecule has 0 aromatic carbocycles. The zero-order chi connectivity index (χ0) is 25.2. The van der Waals surface area contributed by atoms with E-state index in [1.807, 2.05) is 18.5 Å². The van der Waals surface area contributed by atoms with E-state index >= 15 is 0 Å². The number of nitrogens with one attached hydrogen (secondary N) is 1. The highest BCUT2D eigenvalue weighted by atomic mass is 32.1. The quantitative estimate of drug-likeness (QED) is 0.512. The van der Waals surface area contributed by atoms with Gasteiger partial charge in [0, 0.05) is 46.4 Å². The molecule has 1 aliphatic heterocycles. The van der Waals surface area contributed by atoms with Crippen LogP contribution in [0.2, 0.25) is 0 Å². The van der Waals surface area contributed by atoms with E-state index in [2.05, 4.69) is 38.2 Å². The molecule has 1 saturated carbocycles. The second-order valence-electron chi connectivity index (χ2n) is 9.99. The molecular weight excluding hydrogens is 474 g/mol. The van der Waals surface area contributed by atoms with Crippen molar-refractivity contribution in [1.29, 1.82) is 0 Å². The molecule has 9 nitrogen and oxygen atoms in total. The molecule has 0 bridgehead atoms. The minimum Gasteiger partial charge on any atom is -0.383 e. The van der Waals surface area contributed by atoms with E-state index in [1.165, 1.54) is 24.2 Å². The van der Waals surface area contributed by atoms with Crippen LogP contribution in [0.5, 0.6) is 0 Å². The number of amides is 1. The Morgan fingerprint density at radius 1 is 1.19 bits per heavy atom. The van der Waals surface area contributed by atoms with Crippen molar-refractivity contribution in [3.05, 3.63) is 35.0 Å². The number of anilines is 3. The van der Waals surface area contributed by atoms with Crippen LogP contribution >= 0.6 is 11.3 Å². The highest BCUT2D eigenvalue weighted by Gasteiger charge is 2.29. The number of carbonyl (C=O) groups excluding carboxylic acids is 1. The molecule has 10 heteroatoms. The van der Waals surface area contributed by atoms with Gasteiger partial charge >= 0.3 is 0 Å². The lowest BCUT2D eigenvalue weighted by Gasteiger charge is -2.40. The average Bonchev–Trinajstić information content (AvgIpc) is 3.53. The summed E-state index contributed by atoms with van der Waals surface area (Å²) in [4.78, 5) is 34.2. The summed E-state index contributed by atoms with van der Waals surface area (Å²) in [6, 6.07) is 4.43. The summed E-state index contributed by atoms with van der Waals surface area (Å²) in [5.41, 5.74) is 3.09. The molecule has 36 heavy (non-hydrogen) atoms. The number of aromatic nitrogens is 3. The molecule has 5 rings (SSSR count). The number of methoxy groups -OCH3 is 1. The molecule has 1 atom stereocenters. The van der Waals surface area contributed by atoms with Crippen LogP contribution in [0.1, 0.15) is 46.8 Å². The number of hydrogen-bond acceptors (Lipinski definition) is 9. The zero-order valence-electron chi connectivity index (χ0n) is 21.5. The van der Waals surface area contributed by atoms with Gasteiger partial charge in [0.15, 0.2) is 0 Å². The van der Waals surface area contributed by atoms with Crippen LogP contribution in [0.4, 0.5) is 17.5 Å². The van der Waals surface area contributed by atoms with E-state index < -0.39 is 0 Å².